The van der Waals surface area contributed by atoms with Gasteiger partial charge in [0.2, 0.25) is 0 Å². The van der Waals surface area contributed by atoms with E-state index < -0.39 is 6.36 Å². The van der Waals surface area contributed by atoms with Crippen molar-refractivity contribution in [2.45, 2.75) is 6.36 Å². The molecule has 0 N–H and O–H groups in total. The third-order valence-corrected chi connectivity index (χ3v) is 3.27. The molecule has 0 unspecified atom stereocenters. The van der Waals surface area contributed by atoms with Crippen LogP contribution in [0.1, 0.15) is 11.4 Å². The van der Waals surface area contributed by atoms with Gasteiger partial charge in [-0.2, -0.15) is 0 Å². The summed E-state index contributed by atoms with van der Waals surface area (Å²) in [5.74, 6) is 0.105. The number of benzene rings is 2. The highest BCUT2D eigenvalue weighted by molar-refractivity contribution is 5.67. The van der Waals surface area contributed by atoms with Gasteiger partial charge in [-0.15, -0.1) is 23.2 Å². The topological polar surface area (TPSA) is 69.4 Å². The summed E-state index contributed by atoms with van der Waals surface area (Å²) in [4.78, 5) is 14.5. The summed E-state index contributed by atoms with van der Waals surface area (Å²) in [6, 6.07) is 11.9. The second kappa shape index (κ2) is 7.18. The van der Waals surface area contributed by atoms with Gasteiger partial charge in [0.1, 0.15) is 17.8 Å². The Labute approximate surface area is 145 Å². The lowest BCUT2D eigenvalue weighted by molar-refractivity contribution is -0.274. The van der Waals surface area contributed by atoms with Crippen molar-refractivity contribution in [3.05, 3.63) is 71.2 Å². The molecule has 0 fully saturated rings. The van der Waals surface area contributed by atoms with Crippen LogP contribution in [0.4, 0.5) is 18.9 Å². The Balaban J connectivity index is 1.70. The van der Waals surface area contributed by atoms with E-state index in [1.165, 1.54) is 35.3 Å². The zero-order valence-corrected chi connectivity index (χ0v) is 13.1. The van der Waals surface area contributed by atoms with Crippen LogP contribution < -0.4 is 4.74 Å². The highest BCUT2D eigenvalue weighted by atomic mass is 19.4. The van der Waals surface area contributed by atoms with Crippen molar-refractivity contribution in [3.63, 3.8) is 0 Å². The first-order chi connectivity index (χ1) is 12.4. The van der Waals surface area contributed by atoms with E-state index in [2.05, 4.69) is 20.0 Å². The number of rotatable bonds is 5. The van der Waals surface area contributed by atoms with Crippen molar-refractivity contribution in [2.24, 2.45) is 5.18 Å². The number of alkyl halides is 3. The molecule has 0 aliphatic carbocycles. The summed E-state index contributed by atoms with van der Waals surface area (Å²) in [6.45, 7) is 0. The molecule has 1 aromatic heterocycles. The van der Waals surface area contributed by atoms with Gasteiger partial charge in [-0.25, -0.2) is 9.67 Å². The van der Waals surface area contributed by atoms with E-state index in [0.717, 1.165) is 5.56 Å². The van der Waals surface area contributed by atoms with Gasteiger partial charge in [-0.3, -0.25) is 0 Å². The Hall–Kier alpha value is -3.49. The van der Waals surface area contributed by atoms with E-state index in [9.17, 15) is 18.1 Å². The quantitative estimate of drug-likeness (QED) is 0.617. The fourth-order valence-corrected chi connectivity index (χ4v) is 2.09. The van der Waals surface area contributed by atoms with Gasteiger partial charge in [0.15, 0.2) is 5.82 Å². The average molecular weight is 360 g/mol. The van der Waals surface area contributed by atoms with Gasteiger partial charge < -0.3 is 4.74 Å². The molecule has 0 radical (unpaired) electrons. The Morgan fingerprint density at radius 1 is 1.00 bits per heavy atom. The number of hydrogen-bond acceptors (Lipinski definition) is 5. The van der Waals surface area contributed by atoms with Crippen molar-refractivity contribution in [2.75, 3.05) is 0 Å². The summed E-state index contributed by atoms with van der Waals surface area (Å²) in [5.41, 5.74) is 1.71. The molecule has 2 aromatic carbocycles. The standard InChI is InChI=1S/C17H11F3N4O2/c18-17(19,20)26-15-8-6-14(7-9-15)24-11-21-16(22-24)10-3-12-1-4-13(23-25)5-2-12/h1-11H/b10-3+. The Morgan fingerprint density at radius 3 is 2.31 bits per heavy atom. The summed E-state index contributed by atoms with van der Waals surface area (Å²) < 4.78 is 41.7. The smallest absolute Gasteiger partial charge is 0.406 e. The zero-order valence-electron chi connectivity index (χ0n) is 13.1. The van der Waals surface area contributed by atoms with E-state index in [0.29, 0.717) is 17.2 Å². The SMILES string of the molecule is O=Nc1ccc(/C=C/c2ncn(-c3ccc(OC(F)(F)F)cc3)n2)cc1. The van der Waals surface area contributed by atoms with E-state index >= 15 is 0 Å². The molecule has 9 heteroatoms. The van der Waals surface area contributed by atoms with Crippen molar-refractivity contribution in [1.82, 2.24) is 14.8 Å². The van der Waals surface area contributed by atoms with Crippen LogP contribution in [0, 0.1) is 4.91 Å². The second-order valence-electron chi connectivity index (χ2n) is 5.11. The van der Waals surface area contributed by atoms with Gasteiger partial charge in [0.25, 0.3) is 0 Å². The van der Waals surface area contributed by atoms with Crippen LogP contribution in [0.15, 0.2) is 60.0 Å². The molecule has 3 aromatic rings. The van der Waals surface area contributed by atoms with Crippen molar-refractivity contribution >= 4 is 17.8 Å². The molecule has 0 aliphatic heterocycles. The highest BCUT2D eigenvalue weighted by Gasteiger charge is 2.30. The molecule has 0 atom stereocenters. The van der Waals surface area contributed by atoms with Crippen molar-refractivity contribution < 1.29 is 17.9 Å². The predicted octanol–water partition coefficient (Wildman–Crippen LogP) is 4.73. The summed E-state index contributed by atoms with van der Waals surface area (Å²) >= 11 is 0. The molecule has 3 rings (SSSR count). The first-order valence-corrected chi connectivity index (χ1v) is 7.32. The number of halogens is 3. The minimum absolute atomic E-state index is 0.310. The molecular formula is C17H11F3N4O2. The number of ether oxygens (including phenoxy) is 1. The Bertz CT molecular complexity index is 916. The summed E-state index contributed by atoms with van der Waals surface area (Å²) in [5, 5.41) is 7.04. The van der Waals surface area contributed by atoms with Crippen LogP contribution in [0.3, 0.4) is 0 Å². The van der Waals surface area contributed by atoms with Crippen LogP contribution in [-0.2, 0) is 0 Å². The zero-order chi connectivity index (χ0) is 18.6. The molecule has 0 saturated heterocycles. The van der Waals surface area contributed by atoms with Gasteiger partial charge in [0, 0.05) is 0 Å². The van der Waals surface area contributed by atoms with Crippen LogP contribution in [0.25, 0.3) is 17.8 Å². The number of nitroso groups, excluding NO2 is 1. The van der Waals surface area contributed by atoms with E-state index in [4.69, 9.17) is 0 Å². The van der Waals surface area contributed by atoms with Gasteiger partial charge >= 0.3 is 6.36 Å². The Kier molecular flexibility index (Phi) is 4.78. The van der Waals surface area contributed by atoms with Crippen LogP contribution in [0.5, 0.6) is 5.75 Å². The fourth-order valence-electron chi connectivity index (χ4n) is 2.09. The summed E-state index contributed by atoms with van der Waals surface area (Å²) in [6.07, 6.45) is 0.140. The molecule has 132 valence electrons. The molecule has 6 nitrogen and oxygen atoms in total. The van der Waals surface area contributed by atoms with Gasteiger partial charge in [0.05, 0.1) is 5.69 Å². The van der Waals surface area contributed by atoms with Gasteiger partial charge in [-0.1, -0.05) is 18.2 Å². The monoisotopic (exact) mass is 360 g/mol. The number of aromatic nitrogens is 3. The Morgan fingerprint density at radius 2 is 1.69 bits per heavy atom. The normalized spacial score (nSPS) is 11.7. The summed E-state index contributed by atoms with van der Waals surface area (Å²) in [7, 11) is 0. The molecule has 0 bridgehead atoms. The molecule has 0 spiro atoms. The minimum Gasteiger partial charge on any atom is -0.406 e. The molecule has 0 aliphatic rings. The first-order valence-electron chi connectivity index (χ1n) is 7.32. The maximum Gasteiger partial charge on any atom is 0.573 e. The highest BCUT2D eigenvalue weighted by Crippen LogP contribution is 2.23. The predicted molar refractivity (Wildman–Crippen MR) is 88.9 cm³/mol. The lowest BCUT2D eigenvalue weighted by Gasteiger charge is -2.08. The van der Waals surface area contributed by atoms with E-state index in [-0.39, 0.29) is 5.75 Å². The molecule has 1 heterocycles. The van der Waals surface area contributed by atoms with Crippen molar-refractivity contribution in [1.29, 1.82) is 0 Å². The third-order valence-electron chi connectivity index (χ3n) is 3.27. The van der Waals surface area contributed by atoms with Crippen LogP contribution >= 0.6 is 0 Å². The molecule has 26 heavy (non-hydrogen) atoms. The van der Waals surface area contributed by atoms with Crippen LogP contribution in [-0.4, -0.2) is 21.1 Å². The maximum absolute atomic E-state index is 12.2. The fraction of sp³-hybridized carbons (Fsp3) is 0.0588. The van der Waals surface area contributed by atoms with Gasteiger partial charge in [-0.05, 0) is 53.2 Å². The maximum atomic E-state index is 12.2. The second-order valence-corrected chi connectivity index (χ2v) is 5.11. The van der Waals surface area contributed by atoms with Crippen molar-refractivity contribution in [3.8, 4) is 11.4 Å². The number of hydrogen-bond donors (Lipinski definition) is 0. The lowest BCUT2D eigenvalue weighted by atomic mass is 10.2. The average Bonchev–Trinajstić information content (AvgIpc) is 3.09. The lowest BCUT2D eigenvalue weighted by Crippen LogP contribution is -2.17. The first kappa shape index (κ1) is 17.3. The molecule has 0 saturated carbocycles. The van der Waals surface area contributed by atoms with E-state index in [1.54, 1.807) is 36.4 Å². The number of nitrogens with zero attached hydrogens (tertiary/aromatic N) is 4. The largest absolute Gasteiger partial charge is 0.573 e. The minimum atomic E-state index is -4.73. The molecule has 0 amide bonds. The van der Waals surface area contributed by atoms with Crippen LogP contribution in [0.2, 0.25) is 0 Å². The molecular weight excluding hydrogens is 349 g/mol. The third kappa shape index (κ3) is 4.53. The van der Waals surface area contributed by atoms with E-state index in [1.807, 2.05) is 0 Å².